The lowest BCUT2D eigenvalue weighted by Crippen LogP contribution is -2.16. The van der Waals surface area contributed by atoms with E-state index in [-0.39, 0.29) is 0 Å². The Kier molecular flexibility index (Phi) is 1.16. The summed E-state index contributed by atoms with van der Waals surface area (Å²) in [5.41, 5.74) is 1.10. The topological polar surface area (TPSA) is 29.9 Å². The van der Waals surface area contributed by atoms with Gasteiger partial charge >= 0.3 is 0 Å². The van der Waals surface area contributed by atoms with Gasteiger partial charge in [-0.25, -0.2) is 4.98 Å². The Morgan fingerprint density at radius 2 is 2.60 bits per heavy atom. The number of nitrogens with one attached hydrogen (secondary N) is 1. The van der Waals surface area contributed by atoms with Crippen LogP contribution in [0.3, 0.4) is 0 Å². The molecule has 1 aliphatic heterocycles. The van der Waals surface area contributed by atoms with E-state index in [1.807, 2.05) is 6.92 Å². The molecule has 0 fully saturated rings. The van der Waals surface area contributed by atoms with Gasteiger partial charge in [0.2, 0.25) is 5.95 Å². The van der Waals surface area contributed by atoms with E-state index < -0.39 is 0 Å². The summed E-state index contributed by atoms with van der Waals surface area (Å²) in [6, 6.07) is 0. The summed E-state index contributed by atoms with van der Waals surface area (Å²) in [7, 11) is 0. The van der Waals surface area contributed by atoms with Crippen molar-refractivity contribution in [2.45, 2.75) is 19.9 Å². The molecule has 0 amide bonds. The highest BCUT2D eigenvalue weighted by atomic mass is 15.2. The average Bonchev–Trinajstić information content (AvgIpc) is 2.27. The molecular weight excluding hydrogens is 126 g/mol. The van der Waals surface area contributed by atoms with Crippen molar-refractivity contribution in [3.05, 3.63) is 11.9 Å². The molecule has 3 heteroatoms. The number of anilines is 1. The monoisotopic (exact) mass is 137 g/mol. The van der Waals surface area contributed by atoms with Crippen LogP contribution < -0.4 is 5.32 Å². The molecule has 10 heavy (non-hydrogen) atoms. The van der Waals surface area contributed by atoms with E-state index in [0.29, 0.717) is 0 Å². The maximum Gasteiger partial charge on any atom is 0.203 e. The van der Waals surface area contributed by atoms with Crippen LogP contribution in [0.5, 0.6) is 0 Å². The summed E-state index contributed by atoms with van der Waals surface area (Å²) in [5, 5.41) is 3.24. The van der Waals surface area contributed by atoms with E-state index in [0.717, 1.165) is 24.7 Å². The van der Waals surface area contributed by atoms with E-state index in [4.69, 9.17) is 0 Å². The molecule has 0 atom stereocenters. The predicted octanol–water partition coefficient (Wildman–Crippen LogP) is 1.01. The maximum absolute atomic E-state index is 4.30. The van der Waals surface area contributed by atoms with Crippen molar-refractivity contribution in [2.75, 3.05) is 11.9 Å². The number of fused-ring (bicyclic) bond motifs is 1. The van der Waals surface area contributed by atoms with Gasteiger partial charge in [0.05, 0.1) is 5.69 Å². The molecule has 0 unspecified atom stereocenters. The van der Waals surface area contributed by atoms with E-state index >= 15 is 0 Å². The Morgan fingerprint density at radius 3 is 3.40 bits per heavy atom. The Morgan fingerprint density at radius 1 is 1.70 bits per heavy atom. The van der Waals surface area contributed by atoms with Gasteiger partial charge in [-0.05, 0) is 13.3 Å². The minimum atomic E-state index is 1.03. The molecule has 3 nitrogen and oxygen atoms in total. The van der Waals surface area contributed by atoms with Gasteiger partial charge in [-0.1, -0.05) is 0 Å². The molecule has 1 aliphatic rings. The second-order valence-corrected chi connectivity index (χ2v) is 2.68. The first-order valence-corrected chi connectivity index (χ1v) is 3.64. The lowest BCUT2D eigenvalue weighted by molar-refractivity contribution is 0.627. The number of aryl methyl sites for hydroxylation is 2. The zero-order valence-electron chi connectivity index (χ0n) is 6.09. The molecule has 0 aliphatic carbocycles. The summed E-state index contributed by atoms with van der Waals surface area (Å²) in [5.74, 6) is 1.03. The first kappa shape index (κ1) is 5.77. The minimum absolute atomic E-state index is 1.03. The molecule has 0 radical (unpaired) electrons. The molecule has 54 valence electrons. The van der Waals surface area contributed by atoms with Crippen molar-refractivity contribution in [1.82, 2.24) is 9.55 Å². The lowest BCUT2D eigenvalue weighted by Gasteiger charge is -2.14. The van der Waals surface area contributed by atoms with Gasteiger partial charge in [0.25, 0.3) is 0 Å². The van der Waals surface area contributed by atoms with Crippen LogP contribution in [0.2, 0.25) is 0 Å². The van der Waals surface area contributed by atoms with E-state index in [2.05, 4.69) is 21.1 Å². The summed E-state index contributed by atoms with van der Waals surface area (Å²) in [6.45, 7) is 4.20. The Labute approximate surface area is 60.1 Å². The first-order chi connectivity index (χ1) is 4.86. The van der Waals surface area contributed by atoms with Crippen molar-refractivity contribution < 1.29 is 0 Å². The van der Waals surface area contributed by atoms with Crippen molar-refractivity contribution in [3.8, 4) is 0 Å². The zero-order valence-corrected chi connectivity index (χ0v) is 6.09. The van der Waals surface area contributed by atoms with Gasteiger partial charge in [0, 0.05) is 19.3 Å². The van der Waals surface area contributed by atoms with Crippen LogP contribution in [-0.4, -0.2) is 16.1 Å². The third-order valence-corrected chi connectivity index (χ3v) is 1.76. The Bertz CT molecular complexity index is 215. The van der Waals surface area contributed by atoms with Crippen LogP contribution in [0.4, 0.5) is 5.95 Å². The molecule has 0 saturated heterocycles. The summed E-state index contributed by atoms with van der Waals surface area (Å²) >= 11 is 0. The highest BCUT2D eigenvalue weighted by Gasteiger charge is 2.08. The zero-order chi connectivity index (χ0) is 6.97. The van der Waals surface area contributed by atoms with E-state index in [1.54, 1.807) is 0 Å². The quantitative estimate of drug-likeness (QED) is 0.578. The molecule has 2 rings (SSSR count). The summed E-state index contributed by atoms with van der Waals surface area (Å²) in [6.07, 6.45) is 3.30. The van der Waals surface area contributed by atoms with Crippen LogP contribution in [-0.2, 0) is 6.54 Å². The third kappa shape index (κ3) is 0.781. The van der Waals surface area contributed by atoms with E-state index in [1.165, 1.54) is 6.42 Å². The molecular formula is C7H11N3. The molecule has 0 spiro atoms. The molecule has 0 bridgehead atoms. The van der Waals surface area contributed by atoms with Gasteiger partial charge in [-0.2, -0.15) is 0 Å². The average molecular weight is 137 g/mol. The van der Waals surface area contributed by atoms with Gasteiger partial charge in [0.1, 0.15) is 0 Å². The smallest absolute Gasteiger partial charge is 0.203 e. The van der Waals surface area contributed by atoms with Crippen LogP contribution in [0.1, 0.15) is 12.1 Å². The van der Waals surface area contributed by atoms with Crippen LogP contribution in [0, 0.1) is 6.92 Å². The first-order valence-electron chi connectivity index (χ1n) is 3.64. The Hall–Kier alpha value is -0.990. The number of imidazole rings is 1. The summed E-state index contributed by atoms with van der Waals surface area (Å²) < 4.78 is 2.17. The molecule has 1 N–H and O–H groups in total. The largest absolute Gasteiger partial charge is 0.356 e. The fraction of sp³-hybridized carbons (Fsp3) is 0.571. The second kappa shape index (κ2) is 2.01. The highest BCUT2D eigenvalue weighted by Crippen LogP contribution is 2.12. The molecule has 0 aromatic carbocycles. The molecule has 1 aromatic rings. The number of hydrogen-bond acceptors (Lipinski definition) is 2. The lowest BCUT2D eigenvalue weighted by atomic mass is 10.4. The third-order valence-electron chi connectivity index (χ3n) is 1.76. The number of nitrogens with zero attached hydrogens (tertiary/aromatic N) is 2. The van der Waals surface area contributed by atoms with Gasteiger partial charge in [0.15, 0.2) is 0 Å². The van der Waals surface area contributed by atoms with E-state index in [9.17, 15) is 0 Å². The number of rotatable bonds is 0. The van der Waals surface area contributed by atoms with Gasteiger partial charge in [-0.3, -0.25) is 0 Å². The molecule has 2 heterocycles. The predicted molar refractivity (Wildman–Crippen MR) is 40.1 cm³/mol. The fourth-order valence-electron chi connectivity index (χ4n) is 1.31. The minimum Gasteiger partial charge on any atom is -0.356 e. The van der Waals surface area contributed by atoms with Crippen molar-refractivity contribution >= 4 is 5.95 Å². The summed E-state index contributed by atoms with van der Waals surface area (Å²) in [4.78, 5) is 4.30. The maximum atomic E-state index is 4.30. The van der Waals surface area contributed by atoms with Crippen molar-refractivity contribution in [3.63, 3.8) is 0 Å². The highest BCUT2D eigenvalue weighted by molar-refractivity contribution is 5.29. The van der Waals surface area contributed by atoms with Crippen LogP contribution in [0.15, 0.2) is 6.20 Å². The van der Waals surface area contributed by atoms with Crippen molar-refractivity contribution in [1.29, 1.82) is 0 Å². The SMILES string of the molecule is Cc1cn2c(n1)NCCC2. The van der Waals surface area contributed by atoms with Crippen LogP contribution >= 0.6 is 0 Å². The van der Waals surface area contributed by atoms with Crippen molar-refractivity contribution in [2.24, 2.45) is 0 Å². The number of hydrogen-bond donors (Lipinski definition) is 1. The second-order valence-electron chi connectivity index (χ2n) is 2.68. The number of aromatic nitrogens is 2. The fourth-order valence-corrected chi connectivity index (χ4v) is 1.31. The molecule has 1 aromatic heterocycles. The van der Waals surface area contributed by atoms with Crippen LogP contribution in [0.25, 0.3) is 0 Å². The molecule has 0 saturated carbocycles. The Balaban J connectivity index is 2.41. The standard InChI is InChI=1S/C7H11N3/c1-6-5-10-4-2-3-8-7(10)9-6/h5H,2-4H2,1H3,(H,8,9). The normalized spacial score (nSPS) is 16.1. The van der Waals surface area contributed by atoms with Gasteiger partial charge in [-0.15, -0.1) is 0 Å². The van der Waals surface area contributed by atoms with Gasteiger partial charge < -0.3 is 9.88 Å².